The molecular weight excluding hydrogens is 394 g/mol. The number of nitrogens with one attached hydrogen (secondary N) is 2. The number of nitrogens with zero attached hydrogens (tertiary/aromatic N) is 3. The lowest BCUT2D eigenvalue weighted by Gasteiger charge is -2.33. The van der Waals surface area contributed by atoms with E-state index in [1.54, 1.807) is 6.26 Å². The monoisotopic (exact) mass is 429 g/mol. The van der Waals surface area contributed by atoms with Gasteiger partial charge in [0, 0.05) is 44.7 Å². The lowest BCUT2D eigenvalue weighted by molar-refractivity contribution is -0.0179. The van der Waals surface area contributed by atoms with Gasteiger partial charge in [0.2, 0.25) is 5.89 Å². The second-order valence-electron chi connectivity index (χ2n) is 8.27. The number of aromatic nitrogens is 1. The normalized spacial score (nSPS) is 17.4. The molecule has 2 heterocycles. The average Bonchev–Trinajstić information content (AvgIpc) is 3.22. The summed E-state index contributed by atoms with van der Waals surface area (Å²) in [4.78, 5) is 11.4. The van der Waals surface area contributed by atoms with Crippen LogP contribution in [0.2, 0.25) is 0 Å². The van der Waals surface area contributed by atoms with Gasteiger partial charge in [-0.3, -0.25) is 9.89 Å². The smallest absolute Gasteiger partial charge is 0.226 e. The van der Waals surface area contributed by atoms with Gasteiger partial charge in [-0.15, -0.1) is 0 Å². The first-order valence-corrected chi connectivity index (χ1v) is 11.0. The van der Waals surface area contributed by atoms with Crippen LogP contribution >= 0.6 is 0 Å². The zero-order valence-corrected chi connectivity index (χ0v) is 18.9. The molecular formula is C23H35N5O3. The molecule has 8 nitrogen and oxygen atoms in total. The Hall–Kier alpha value is -2.42. The predicted octanol–water partition coefficient (Wildman–Crippen LogP) is 1.83. The number of aliphatic imine (C=N–C) groups is 1. The molecule has 1 fully saturated rings. The molecule has 8 heteroatoms. The van der Waals surface area contributed by atoms with Crippen molar-refractivity contribution in [3.63, 3.8) is 0 Å². The minimum atomic E-state index is -0.894. The van der Waals surface area contributed by atoms with Crippen LogP contribution in [0, 0.1) is 6.92 Å². The maximum atomic E-state index is 10.7. The van der Waals surface area contributed by atoms with Crippen LogP contribution in [-0.4, -0.2) is 79.0 Å². The van der Waals surface area contributed by atoms with Crippen molar-refractivity contribution in [2.75, 3.05) is 52.5 Å². The molecule has 1 aromatic heterocycles. The van der Waals surface area contributed by atoms with Gasteiger partial charge in [0.05, 0.1) is 31.1 Å². The van der Waals surface area contributed by atoms with Crippen molar-refractivity contribution >= 4 is 5.96 Å². The van der Waals surface area contributed by atoms with Gasteiger partial charge < -0.3 is 24.9 Å². The van der Waals surface area contributed by atoms with Gasteiger partial charge >= 0.3 is 0 Å². The van der Waals surface area contributed by atoms with E-state index in [2.05, 4.69) is 32.4 Å². The summed E-state index contributed by atoms with van der Waals surface area (Å²) in [6, 6.07) is 8.13. The molecule has 0 radical (unpaired) electrons. The highest BCUT2D eigenvalue weighted by Crippen LogP contribution is 2.19. The van der Waals surface area contributed by atoms with E-state index in [-0.39, 0.29) is 0 Å². The van der Waals surface area contributed by atoms with E-state index in [9.17, 15) is 5.11 Å². The topological polar surface area (TPSA) is 95.2 Å². The summed E-state index contributed by atoms with van der Waals surface area (Å²) < 4.78 is 11.0. The molecule has 170 valence electrons. The number of hydrogen-bond donors (Lipinski definition) is 3. The van der Waals surface area contributed by atoms with E-state index in [1.165, 1.54) is 5.56 Å². The molecule has 3 rings (SSSR count). The van der Waals surface area contributed by atoms with Gasteiger partial charge in [-0.1, -0.05) is 17.7 Å². The number of aliphatic hydroxyl groups is 1. The van der Waals surface area contributed by atoms with Crippen LogP contribution in [0.25, 0.3) is 11.5 Å². The third-order valence-electron chi connectivity index (χ3n) is 5.11. The number of β-amino-alcohol motifs (C(OH)–C–C–N with tert-alkyl or cyclic N) is 1. The standard InChI is InChI=1S/C23H35N5O3/c1-4-24-22(26-16-23(3,29)17-28-11-13-30-14-12-28)25-10-9-20-15-31-21(27-20)19-7-5-18(2)6-8-19/h5-8,15,29H,4,9-14,16-17H2,1-3H3,(H2,24,25,26). The molecule has 0 saturated carbocycles. The van der Waals surface area contributed by atoms with Crippen LogP contribution < -0.4 is 10.6 Å². The van der Waals surface area contributed by atoms with E-state index in [0.717, 1.165) is 44.1 Å². The number of aryl methyl sites for hydroxylation is 1. The van der Waals surface area contributed by atoms with Crippen molar-refractivity contribution in [1.82, 2.24) is 20.5 Å². The summed E-state index contributed by atoms with van der Waals surface area (Å²) in [5, 5.41) is 17.3. The quantitative estimate of drug-likeness (QED) is 0.413. The minimum Gasteiger partial charge on any atom is -0.444 e. The Morgan fingerprint density at radius 1 is 1.23 bits per heavy atom. The maximum absolute atomic E-state index is 10.7. The lowest BCUT2D eigenvalue weighted by atomic mass is 10.1. The Balaban J connectivity index is 1.49. The predicted molar refractivity (Wildman–Crippen MR) is 122 cm³/mol. The highest BCUT2D eigenvalue weighted by molar-refractivity contribution is 5.79. The van der Waals surface area contributed by atoms with E-state index in [0.29, 0.717) is 37.9 Å². The summed E-state index contributed by atoms with van der Waals surface area (Å²) in [6.07, 6.45) is 2.41. The molecule has 0 amide bonds. The van der Waals surface area contributed by atoms with Crippen molar-refractivity contribution in [1.29, 1.82) is 0 Å². The third-order valence-corrected chi connectivity index (χ3v) is 5.11. The van der Waals surface area contributed by atoms with Crippen molar-refractivity contribution < 1.29 is 14.3 Å². The largest absolute Gasteiger partial charge is 0.444 e. The maximum Gasteiger partial charge on any atom is 0.226 e. The van der Waals surface area contributed by atoms with Crippen molar-refractivity contribution in [2.24, 2.45) is 4.99 Å². The van der Waals surface area contributed by atoms with Crippen LogP contribution in [0.1, 0.15) is 25.1 Å². The SMILES string of the molecule is CCNC(=NCC(C)(O)CN1CCOCC1)NCCc1coc(-c2ccc(C)cc2)n1. The number of oxazole rings is 1. The number of hydrogen-bond acceptors (Lipinski definition) is 6. The molecule has 0 bridgehead atoms. The van der Waals surface area contributed by atoms with Crippen molar-refractivity contribution in [3.8, 4) is 11.5 Å². The number of rotatable bonds is 9. The molecule has 3 N–H and O–H groups in total. The fourth-order valence-corrected chi connectivity index (χ4v) is 3.44. The van der Waals surface area contributed by atoms with Crippen LogP contribution in [0.15, 0.2) is 39.9 Å². The molecule has 1 aliphatic rings. The van der Waals surface area contributed by atoms with Crippen LogP contribution in [0.4, 0.5) is 0 Å². The highest BCUT2D eigenvalue weighted by atomic mass is 16.5. The first-order valence-electron chi connectivity index (χ1n) is 11.0. The zero-order chi connectivity index (χ0) is 22.1. The van der Waals surface area contributed by atoms with E-state index in [4.69, 9.17) is 9.15 Å². The summed E-state index contributed by atoms with van der Waals surface area (Å²) in [5.41, 5.74) is 2.17. The highest BCUT2D eigenvalue weighted by Gasteiger charge is 2.25. The molecule has 31 heavy (non-hydrogen) atoms. The van der Waals surface area contributed by atoms with Gasteiger partial charge in [0.15, 0.2) is 5.96 Å². The summed E-state index contributed by atoms with van der Waals surface area (Å²) in [5.74, 6) is 1.32. The average molecular weight is 430 g/mol. The van der Waals surface area contributed by atoms with Crippen LogP contribution in [-0.2, 0) is 11.2 Å². The Kier molecular flexibility index (Phi) is 8.45. The fraction of sp³-hybridized carbons (Fsp3) is 0.565. The third kappa shape index (κ3) is 7.65. The van der Waals surface area contributed by atoms with Crippen LogP contribution in [0.3, 0.4) is 0 Å². The van der Waals surface area contributed by atoms with E-state index in [1.807, 2.05) is 38.1 Å². The van der Waals surface area contributed by atoms with Crippen molar-refractivity contribution in [3.05, 3.63) is 41.8 Å². The Morgan fingerprint density at radius 3 is 2.68 bits per heavy atom. The van der Waals surface area contributed by atoms with E-state index >= 15 is 0 Å². The minimum absolute atomic E-state index is 0.321. The van der Waals surface area contributed by atoms with Gasteiger partial charge in [0.1, 0.15) is 6.26 Å². The number of morpholine rings is 1. The Labute approximate surface area is 184 Å². The second-order valence-corrected chi connectivity index (χ2v) is 8.27. The molecule has 1 aliphatic heterocycles. The Morgan fingerprint density at radius 2 is 1.97 bits per heavy atom. The molecule has 1 atom stereocenters. The fourth-order valence-electron chi connectivity index (χ4n) is 3.44. The molecule has 0 aliphatic carbocycles. The molecule has 1 saturated heterocycles. The molecule has 1 unspecified atom stereocenters. The number of guanidine groups is 1. The van der Waals surface area contributed by atoms with Gasteiger partial charge in [-0.25, -0.2) is 4.98 Å². The van der Waals surface area contributed by atoms with Gasteiger partial charge in [0.25, 0.3) is 0 Å². The Bertz CT molecular complexity index is 826. The molecule has 1 aromatic carbocycles. The van der Waals surface area contributed by atoms with Crippen LogP contribution in [0.5, 0.6) is 0 Å². The van der Waals surface area contributed by atoms with Crippen molar-refractivity contribution in [2.45, 2.75) is 32.8 Å². The summed E-state index contributed by atoms with van der Waals surface area (Å²) in [7, 11) is 0. The van der Waals surface area contributed by atoms with Gasteiger partial charge in [-0.2, -0.15) is 0 Å². The number of ether oxygens (including phenoxy) is 1. The number of benzene rings is 1. The first kappa shape index (κ1) is 23.2. The van der Waals surface area contributed by atoms with Gasteiger partial charge in [-0.05, 0) is 32.9 Å². The summed E-state index contributed by atoms with van der Waals surface area (Å²) in [6.45, 7) is 11.4. The second kappa shape index (κ2) is 11.3. The molecule has 0 spiro atoms. The zero-order valence-electron chi connectivity index (χ0n) is 18.9. The molecule has 2 aromatic rings. The lowest BCUT2D eigenvalue weighted by Crippen LogP contribution is -2.48. The van der Waals surface area contributed by atoms with E-state index < -0.39 is 5.60 Å². The first-order chi connectivity index (χ1) is 14.9. The summed E-state index contributed by atoms with van der Waals surface area (Å²) >= 11 is 0.